The molecule has 0 fully saturated rings. The number of fused-ring (bicyclic) bond motifs is 1. The summed E-state index contributed by atoms with van der Waals surface area (Å²) in [5, 5.41) is 5.41. The third-order valence-corrected chi connectivity index (χ3v) is 3.28. The monoisotopic (exact) mass is 279 g/mol. The summed E-state index contributed by atoms with van der Waals surface area (Å²) in [6.45, 7) is 1.32. The van der Waals surface area contributed by atoms with Gasteiger partial charge in [0.2, 0.25) is 0 Å². The molecule has 0 atom stereocenters. The molecule has 4 nitrogen and oxygen atoms in total. The van der Waals surface area contributed by atoms with Crippen molar-refractivity contribution in [1.82, 2.24) is 4.98 Å². The fraction of sp³-hybridized carbons (Fsp3) is 0.118. The Balaban J connectivity index is 1.65. The molecule has 0 saturated heterocycles. The number of nitrogen functional groups attached to an aromatic ring is 1. The number of hydrogen-bond acceptors (Lipinski definition) is 4. The van der Waals surface area contributed by atoms with Crippen LogP contribution in [0.3, 0.4) is 0 Å². The summed E-state index contributed by atoms with van der Waals surface area (Å²) in [5.74, 6) is 0.880. The third-order valence-electron chi connectivity index (χ3n) is 3.28. The average Bonchev–Trinajstić information content (AvgIpc) is 2.55. The zero-order chi connectivity index (χ0) is 14.5. The van der Waals surface area contributed by atoms with Gasteiger partial charge in [0.25, 0.3) is 0 Å². The van der Waals surface area contributed by atoms with E-state index in [0.717, 1.165) is 34.4 Å². The van der Waals surface area contributed by atoms with Crippen molar-refractivity contribution in [3.05, 3.63) is 60.9 Å². The number of nitrogens with two attached hydrogens (primary N) is 1. The van der Waals surface area contributed by atoms with Gasteiger partial charge in [-0.25, -0.2) is 0 Å². The van der Waals surface area contributed by atoms with Crippen molar-refractivity contribution in [2.24, 2.45) is 0 Å². The molecule has 2 aromatic carbocycles. The molecular weight excluding hydrogens is 262 g/mol. The van der Waals surface area contributed by atoms with E-state index in [0.29, 0.717) is 6.61 Å². The van der Waals surface area contributed by atoms with E-state index in [-0.39, 0.29) is 0 Å². The summed E-state index contributed by atoms with van der Waals surface area (Å²) < 4.78 is 5.66. The smallest absolute Gasteiger partial charge is 0.119 e. The quantitative estimate of drug-likeness (QED) is 0.555. The summed E-state index contributed by atoms with van der Waals surface area (Å²) >= 11 is 0. The SMILES string of the molecule is Nc1ccc(NCCOc2ccccc2)c2ccncc12. The van der Waals surface area contributed by atoms with Gasteiger partial charge in [0.05, 0.1) is 0 Å². The van der Waals surface area contributed by atoms with Crippen molar-refractivity contribution in [2.75, 3.05) is 24.2 Å². The molecule has 0 unspecified atom stereocenters. The molecule has 0 aliphatic rings. The maximum absolute atomic E-state index is 5.96. The Kier molecular flexibility index (Phi) is 3.87. The molecule has 3 rings (SSSR count). The van der Waals surface area contributed by atoms with Crippen LogP contribution in [0.5, 0.6) is 5.75 Å². The summed E-state index contributed by atoms with van der Waals surface area (Å²) in [6.07, 6.45) is 3.56. The predicted octanol–water partition coefficient (Wildman–Crippen LogP) is 3.31. The van der Waals surface area contributed by atoms with Crippen LogP contribution in [-0.2, 0) is 0 Å². The van der Waals surface area contributed by atoms with Gasteiger partial charge in [0.15, 0.2) is 0 Å². The first kappa shape index (κ1) is 13.2. The van der Waals surface area contributed by atoms with Crippen LogP contribution in [0.15, 0.2) is 60.9 Å². The maximum Gasteiger partial charge on any atom is 0.119 e. The van der Waals surface area contributed by atoms with E-state index in [1.165, 1.54) is 0 Å². The standard InChI is InChI=1S/C17H17N3O/c18-16-6-7-17(14-8-9-19-12-15(14)16)20-10-11-21-13-4-2-1-3-5-13/h1-9,12,20H,10-11,18H2. The Hall–Kier alpha value is -2.75. The highest BCUT2D eigenvalue weighted by atomic mass is 16.5. The van der Waals surface area contributed by atoms with E-state index in [1.54, 1.807) is 12.4 Å². The van der Waals surface area contributed by atoms with Gasteiger partial charge >= 0.3 is 0 Å². The number of benzene rings is 2. The molecule has 0 spiro atoms. The van der Waals surface area contributed by atoms with Gasteiger partial charge < -0.3 is 15.8 Å². The number of para-hydroxylation sites is 1. The van der Waals surface area contributed by atoms with Gasteiger partial charge in [-0.15, -0.1) is 0 Å². The molecule has 0 saturated carbocycles. The molecule has 0 amide bonds. The highest BCUT2D eigenvalue weighted by molar-refractivity contribution is 6.00. The average molecular weight is 279 g/mol. The van der Waals surface area contributed by atoms with Crippen LogP contribution in [0.25, 0.3) is 10.8 Å². The van der Waals surface area contributed by atoms with Crippen molar-refractivity contribution in [1.29, 1.82) is 0 Å². The first-order valence-electron chi connectivity index (χ1n) is 6.88. The number of aromatic nitrogens is 1. The normalized spacial score (nSPS) is 10.5. The van der Waals surface area contributed by atoms with Crippen LogP contribution in [0.1, 0.15) is 0 Å². The first-order valence-corrected chi connectivity index (χ1v) is 6.88. The number of rotatable bonds is 5. The summed E-state index contributed by atoms with van der Waals surface area (Å²) in [7, 11) is 0. The molecular formula is C17H17N3O. The van der Waals surface area contributed by atoms with Crippen molar-refractivity contribution >= 4 is 22.1 Å². The van der Waals surface area contributed by atoms with Gasteiger partial charge in [-0.05, 0) is 30.3 Å². The van der Waals surface area contributed by atoms with E-state index in [9.17, 15) is 0 Å². The summed E-state index contributed by atoms with van der Waals surface area (Å²) in [5.41, 5.74) is 7.74. The largest absolute Gasteiger partial charge is 0.492 e. The van der Waals surface area contributed by atoms with Crippen LogP contribution in [-0.4, -0.2) is 18.1 Å². The lowest BCUT2D eigenvalue weighted by Crippen LogP contribution is -2.11. The second kappa shape index (κ2) is 6.13. The third kappa shape index (κ3) is 3.05. The second-order valence-electron chi connectivity index (χ2n) is 4.71. The number of ether oxygens (including phenoxy) is 1. The minimum atomic E-state index is 0.598. The molecule has 0 aliphatic heterocycles. The van der Waals surface area contributed by atoms with Crippen molar-refractivity contribution in [2.45, 2.75) is 0 Å². The van der Waals surface area contributed by atoms with Gasteiger partial charge in [-0.3, -0.25) is 4.98 Å². The highest BCUT2D eigenvalue weighted by Crippen LogP contribution is 2.27. The molecule has 0 bridgehead atoms. The van der Waals surface area contributed by atoms with Gasteiger partial charge in [0.1, 0.15) is 12.4 Å². The molecule has 21 heavy (non-hydrogen) atoms. The lowest BCUT2D eigenvalue weighted by Gasteiger charge is -2.12. The molecule has 1 heterocycles. The number of nitrogens with zero attached hydrogens (tertiary/aromatic N) is 1. The van der Waals surface area contributed by atoms with Gasteiger partial charge in [0, 0.05) is 41.1 Å². The lowest BCUT2D eigenvalue weighted by atomic mass is 10.1. The summed E-state index contributed by atoms with van der Waals surface area (Å²) in [4.78, 5) is 4.12. The molecule has 3 N–H and O–H groups in total. The zero-order valence-corrected chi connectivity index (χ0v) is 11.6. The number of hydrogen-bond donors (Lipinski definition) is 2. The second-order valence-corrected chi connectivity index (χ2v) is 4.71. The summed E-state index contributed by atoms with van der Waals surface area (Å²) in [6, 6.07) is 15.6. The molecule has 4 heteroatoms. The zero-order valence-electron chi connectivity index (χ0n) is 11.6. The molecule has 0 aliphatic carbocycles. The Morgan fingerprint density at radius 1 is 1.00 bits per heavy atom. The number of pyridine rings is 1. The Bertz CT molecular complexity index is 728. The van der Waals surface area contributed by atoms with Crippen LogP contribution in [0.4, 0.5) is 11.4 Å². The predicted molar refractivity (Wildman–Crippen MR) is 86.6 cm³/mol. The van der Waals surface area contributed by atoms with E-state index >= 15 is 0 Å². The Morgan fingerprint density at radius 3 is 2.71 bits per heavy atom. The van der Waals surface area contributed by atoms with Crippen LogP contribution >= 0.6 is 0 Å². The molecule has 1 aromatic heterocycles. The molecule has 106 valence electrons. The van der Waals surface area contributed by atoms with Crippen LogP contribution in [0, 0.1) is 0 Å². The van der Waals surface area contributed by atoms with E-state index in [4.69, 9.17) is 10.5 Å². The lowest BCUT2D eigenvalue weighted by molar-refractivity contribution is 0.333. The van der Waals surface area contributed by atoms with Gasteiger partial charge in [-0.1, -0.05) is 18.2 Å². The fourth-order valence-corrected chi connectivity index (χ4v) is 2.24. The van der Waals surface area contributed by atoms with Crippen molar-refractivity contribution in [3.63, 3.8) is 0 Å². The minimum absolute atomic E-state index is 0.598. The van der Waals surface area contributed by atoms with Crippen molar-refractivity contribution in [3.8, 4) is 5.75 Å². The maximum atomic E-state index is 5.96. The van der Waals surface area contributed by atoms with E-state index in [2.05, 4.69) is 10.3 Å². The Morgan fingerprint density at radius 2 is 1.86 bits per heavy atom. The van der Waals surface area contributed by atoms with E-state index in [1.807, 2.05) is 48.5 Å². The molecule has 3 aromatic rings. The van der Waals surface area contributed by atoms with Crippen molar-refractivity contribution < 1.29 is 4.74 Å². The Labute approximate surface area is 123 Å². The van der Waals surface area contributed by atoms with E-state index < -0.39 is 0 Å². The topological polar surface area (TPSA) is 60.2 Å². The minimum Gasteiger partial charge on any atom is -0.492 e. The van der Waals surface area contributed by atoms with Gasteiger partial charge in [-0.2, -0.15) is 0 Å². The first-order chi connectivity index (χ1) is 10.3. The highest BCUT2D eigenvalue weighted by Gasteiger charge is 2.03. The molecule has 0 radical (unpaired) electrons. The van der Waals surface area contributed by atoms with Crippen LogP contribution < -0.4 is 15.8 Å². The fourth-order valence-electron chi connectivity index (χ4n) is 2.24. The van der Waals surface area contributed by atoms with Crippen LogP contribution in [0.2, 0.25) is 0 Å². The number of nitrogens with one attached hydrogen (secondary N) is 1. The number of anilines is 2.